The maximum atomic E-state index is 13.8. The number of rotatable bonds is 4. The third-order valence-electron chi connectivity index (χ3n) is 6.90. The van der Waals surface area contributed by atoms with E-state index in [4.69, 9.17) is 9.47 Å². The van der Waals surface area contributed by atoms with Gasteiger partial charge in [0.25, 0.3) is 0 Å². The molecular weight excluding hydrogens is 472 g/mol. The number of ether oxygens (including phenoxy) is 2. The monoisotopic (exact) mass is 492 g/mol. The first kappa shape index (κ1) is 22.0. The SMILES string of the molecule is O=C1c2ccccc2C(=O)c2c(Oc3ccc4ccccc4c3)ccc(Oc3ccc4ccccc4c3)c21. The Morgan fingerprint density at radius 1 is 0.395 bits per heavy atom. The number of benzene rings is 6. The van der Waals surface area contributed by atoms with E-state index < -0.39 is 0 Å². The van der Waals surface area contributed by atoms with E-state index in [2.05, 4.69) is 0 Å². The van der Waals surface area contributed by atoms with Gasteiger partial charge in [0.15, 0.2) is 11.6 Å². The first-order valence-electron chi connectivity index (χ1n) is 12.3. The maximum absolute atomic E-state index is 13.8. The summed E-state index contributed by atoms with van der Waals surface area (Å²) in [5, 5.41) is 4.20. The third kappa shape index (κ3) is 3.62. The molecule has 1 aliphatic rings. The molecule has 0 saturated heterocycles. The molecule has 180 valence electrons. The summed E-state index contributed by atoms with van der Waals surface area (Å²) in [6.45, 7) is 0. The number of fused-ring (bicyclic) bond motifs is 4. The Morgan fingerprint density at radius 2 is 0.789 bits per heavy atom. The lowest BCUT2D eigenvalue weighted by Crippen LogP contribution is -2.22. The van der Waals surface area contributed by atoms with Crippen molar-refractivity contribution in [1.29, 1.82) is 0 Å². The van der Waals surface area contributed by atoms with Crippen LogP contribution < -0.4 is 9.47 Å². The zero-order valence-corrected chi connectivity index (χ0v) is 20.2. The lowest BCUT2D eigenvalue weighted by Gasteiger charge is -2.23. The molecular formula is C34H20O4. The molecule has 0 fully saturated rings. The Kier molecular flexibility index (Phi) is 5.05. The summed E-state index contributed by atoms with van der Waals surface area (Å²) in [5.74, 6) is 1.24. The van der Waals surface area contributed by atoms with Gasteiger partial charge >= 0.3 is 0 Å². The molecule has 0 bridgehead atoms. The van der Waals surface area contributed by atoms with Crippen molar-refractivity contribution in [2.45, 2.75) is 0 Å². The number of hydrogen-bond acceptors (Lipinski definition) is 4. The summed E-state index contributed by atoms with van der Waals surface area (Å²) in [4.78, 5) is 27.5. The second-order valence-corrected chi connectivity index (χ2v) is 9.24. The standard InChI is InChI=1S/C34H20O4/c35-33-27-11-5-6-12-28(27)34(36)32-30(38-26-16-14-22-8-2-4-10-24(22)20-26)18-17-29(31(32)33)37-25-15-13-21-7-1-3-9-23(21)19-25/h1-20H. The van der Waals surface area contributed by atoms with Gasteiger partial charge in [0.1, 0.15) is 23.0 Å². The van der Waals surface area contributed by atoms with Crippen molar-refractivity contribution in [1.82, 2.24) is 0 Å². The predicted molar refractivity (Wildman–Crippen MR) is 148 cm³/mol. The van der Waals surface area contributed by atoms with Crippen LogP contribution in [0.15, 0.2) is 121 Å². The fourth-order valence-electron chi connectivity index (χ4n) is 5.05. The van der Waals surface area contributed by atoms with Gasteiger partial charge in [0.05, 0.1) is 11.1 Å². The van der Waals surface area contributed by atoms with Gasteiger partial charge in [-0.15, -0.1) is 0 Å². The van der Waals surface area contributed by atoms with E-state index in [1.807, 2.05) is 84.9 Å². The minimum atomic E-state index is -0.269. The molecule has 38 heavy (non-hydrogen) atoms. The van der Waals surface area contributed by atoms with Crippen molar-refractivity contribution in [3.8, 4) is 23.0 Å². The summed E-state index contributed by atoms with van der Waals surface area (Å²) < 4.78 is 12.5. The van der Waals surface area contributed by atoms with Crippen molar-refractivity contribution >= 4 is 33.1 Å². The molecule has 0 N–H and O–H groups in total. The number of carbonyl (C=O) groups excluding carboxylic acids is 2. The Bertz CT molecular complexity index is 1780. The van der Waals surface area contributed by atoms with Crippen LogP contribution in [-0.4, -0.2) is 11.6 Å². The second kappa shape index (κ2) is 8.71. The van der Waals surface area contributed by atoms with Crippen LogP contribution in [-0.2, 0) is 0 Å². The Balaban J connectivity index is 1.36. The van der Waals surface area contributed by atoms with Crippen LogP contribution in [0.25, 0.3) is 21.5 Å². The number of hydrogen-bond donors (Lipinski definition) is 0. The van der Waals surface area contributed by atoms with E-state index in [-0.39, 0.29) is 22.7 Å². The summed E-state index contributed by atoms with van der Waals surface area (Å²) >= 11 is 0. The van der Waals surface area contributed by atoms with Crippen molar-refractivity contribution in [3.05, 3.63) is 144 Å². The molecule has 6 aromatic carbocycles. The first-order chi connectivity index (χ1) is 18.7. The van der Waals surface area contributed by atoms with E-state index in [0.717, 1.165) is 21.5 Å². The van der Waals surface area contributed by atoms with Crippen LogP contribution in [0.5, 0.6) is 23.0 Å². The highest BCUT2D eigenvalue weighted by Gasteiger charge is 2.35. The van der Waals surface area contributed by atoms with Crippen LogP contribution in [0.2, 0.25) is 0 Å². The highest BCUT2D eigenvalue weighted by Crippen LogP contribution is 2.42. The molecule has 6 aromatic rings. The van der Waals surface area contributed by atoms with E-state index in [1.54, 1.807) is 36.4 Å². The van der Waals surface area contributed by atoms with Crippen molar-refractivity contribution in [3.63, 3.8) is 0 Å². The summed E-state index contributed by atoms with van der Waals surface area (Å²) in [6, 6.07) is 37.7. The smallest absolute Gasteiger partial charge is 0.198 e. The zero-order valence-electron chi connectivity index (χ0n) is 20.2. The van der Waals surface area contributed by atoms with Crippen LogP contribution in [0, 0.1) is 0 Å². The normalized spacial score (nSPS) is 12.3. The summed E-state index contributed by atoms with van der Waals surface area (Å²) in [5.41, 5.74) is 1.13. The fraction of sp³-hybridized carbons (Fsp3) is 0. The molecule has 0 saturated carbocycles. The van der Waals surface area contributed by atoms with Crippen molar-refractivity contribution in [2.24, 2.45) is 0 Å². The molecule has 0 atom stereocenters. The lowest BCUT2D eigenvalue weighted by molar-refractivity contribution is 0.0975. The van der Waals surface area contributed by atoms with Crippen molar-refractivity contribution in [2.75, 3.05) is 0 Å². The van der Waals surface area contributed by atoms with Gasteiger partial charge in [-0.2, -0.15) is 0 Å². The molecule has 0 amide bonds. The zero-order chi connectivity index (χ0) is 25.6. The van der Waals surface area contributed by atoms with E-state index in [1.165, 1.54) is 0 Å². The highest BCUT2D eigenvalue weighted by molar-refractivity contribution is 6.30. The second-order valence-electron chi connectivity index (χ2n) is 9.24. The van der Waals surface area contributed by atoms with E-state index >= 15 is 0 Å². The molecule has 1 aliphatic carbocycles. The number of carbonyl (C=O) groups is 2. The molecule has 0 radical (unpaired) electrons. The predicted octanol–water partition coefficient (Wildman–Crippen LogP) is 8.35. The molecule has 0 aliphatic heterocycles. The van der Waals surface area contributed by atoms with E-state index in [0.29, 0.717) is 34.1 Å². The average molecular weight is 493 g/mol. The molecule has 4 heteroatoms. The van der Waals surface area contributed by atoms with Crippen LogP contribution >= 0.6 is 0 Å². The Labute approximate surface area is 218 Å². The van der Waals surface area contributed by atoms with E-state index in [9.17, 15) is 9.59 Å². The fourth-order valence-corrected chi connectivity index (χ4v) is 5.05. The van der Waals surface area contributed by atoms with Crippen LogP contribution in [0.3, 0.4) is 0 Å². The van der Waals surface area contributed by atoms with Crippen LogP contribution in [0.4, 0.5) is 0 Å². The molecule has 0 heterocycles. The average Bonchev–Trinajstić information content (AvgIpc) is 2.96. The molecule has 0 unspecified atom stereocenters. The van der Waals surface area contributed by atoms with Gasteiger partial charge in [-0.3, -0.25) is 9.59 Å². The van der Waals surface area contributed by atoms with Gasteiger partial charge < -0.3 is 9.47 Å². The third-order valence-corrected chi connectivity index (χ3v) is 6.90. The first-order valence-corrected chi connectivity index (χ1v) is 12.3. The topological polar surface area (TPSA) is 52.6 Å². The molecule has 7 rings (SSSR count). The minimum Gasteiger partial charge on any atom is -0.457 e. The van der Waals surface area contributed by atoms with Gasteiger partial charge in [0.2, 0.25) is 0 Å². The minimum absolute atomic E-state index is 0.208. The maximum Gasteiger partial charge on any atom is 0.198 e. The molecule has 0 aromatic heterocycles. The van der Waals surface area contributed by atoms with Gasteiger partial charge in [-0.1, -0.05) is 84.9 Å². The summed E-state index contributed by atoms with van der Waals surface area (Å²) in [7, 11) is 0. The quantitative estimate of drug-likeness (QED) is 0.248. The Hall–Kier alpha value is -5.22. The van der Waals surface area contributed by atoms with Gasteiger partial charge in [-0.25, -0.2) is 0 Å². The lowest BCUT2D eigenvalue weighted by atomic mass is 9.83. The number of ketones is 2. The van der Waals surface area contributed by atoms with Gasteiger partial charge in [0, 0.05) is 11.1 Å². The summed E-state index contributed by atoms with van der Waals surface area (Å²) in [6.07, 6.45) is 0. The molecule has 4 nitrogen and oxygen atoms in total. The molecule has 0 spiro atoms. The van der Waals surface area contributed by atoms with Gasteiger partial charge in [-0.05, 0) is 57.9 Å². The highest BCUT2D eigenvalue weighted by atomic mass is 16.5. The Morgan fingerprint density at radius 3 is 1.24 bits per heavy atom. The van der Waals surface area contributed by atoms with Crippen molar-refractivity contribution < 1.29 is 19.1 Å². The van der Waals surface area contributed by atoms with Crippen LogP contribution in [0.1, 0.15) is 31.8 Å². The largest absolute Gasteiger partial charge is 0.457 e.